The highest BCUT2D eigenvalue weighted by atomic mass is 79.9. The zero-order valence-electron chi connectivity index (χ0n) is 10.2. The lowest BCUT2D eigenvalue weighted by atomic mass is 10.1. The van der Waals surface area contributed by atoms with Crippen LogP contribution in [0.1, 0.15) is 11.1 Å². The van der Waals surface area contributed by atoms with Crippen LogP contribution in [-0.4, -0.2) is 4.99 Å². The molecule has 5 heteroatoms. The molecule has 0 unspecified atom stereocenters. The van der Waals surface area contributed by atoms with Crippen molar-refractivity contribution in [2.75, 3.05) is 5.32 Å². The Morgan fingerprint density at radius 3 is 2.53 bits per heavy atom. The van der Waals surface area contributed by atoms with Crippen LogP contribution >= 0.6 is 44.1 Å². The minimum Gasteiger partial charge on any atom is -0.389 e. The summed E-state index contributed by atoms with van der Waals surface area (Å²) in [6, 6.07) is 12.0. The second-order valence-electron chi connectivity index (χ2n) is 4.14. The first-order valence-electron chi connectivity index (χ1n) is 5.60. The van der Waals surface area contributed by atoms with Gasteiger partial charge in [-0.3, -0.25) is 0 Å². The highest BCUT2D eigenvalue weighted by Crippen LogP contribution is 2.27. The summed E-state index contributed by atoms with van der Waals surface area (Å²) in [4.78, 5) is 0.386. The van der Waals surface area contributed by atoms with Crippen molar-refractivity contribution >= 4 is 60.4 Å². The Hall–Kier alpha value is -0.910. The van der Waals surface area contributed by atoms with Crippen molar-refractivity contribution < 1.29 is 0 Å². The molecule has 2 aromatic carbocycles. The van der Waals surface area contributed by atoms with Crippen LogP contribution in [0.3, 0.4) is 0 Å². The van der Waals surface area contributed by atoms with E-state index in [9.17, 15) is 0 Å². The van der Waals surface area contributed by atoms with Gasteiger partial charge in [-0.2, -0.15) is 0 Å². The Labute approximate surface area is 134 Å². The Morgan fingerprint density at radius 2 is 1.89 bits per heavy atom. The lowest BCUT2D eigenvalue weighted by Crippen LogP contribution is -2.10. The Bertz CT molecular complexity index is 641. The molecule has 0 heterocycles. The smallest absolute Gasteiger partial charge is 0.105 e. The molecule has 0 saturated carbocycles. The third kappa shape index (κ3) is 3.55. The van der Waals surface area contributed by atoms with Crippen molar-refractivity contribution in [2.45, 2.75) is 6.92 Å². The van der Waals surface area contributed by atoms with Gasteiger partial charge in [0.1, 0.15) is 4.99 Å². The molecule has 0 saturated heterocycles. The largest absolute Gasteiger partial charge is 0.389 e. The second-order valence-corrected chi connectivity index (χ2v) is 6.35. The molecule has 0 aliphatic carbocycles. The number of hydrogen-bond donors (Lipinski definition) is 2. The topological polar surface area (TPSA) is 38.0 Å². The van der Waals surface area contributed by atoms with Gasteiger partial charge >= 0.3 is 0 Å². The fourth-order valence-corrected chi connectivity index (χ4v) is 2.94. The van der Waals surface area contributed by atoms with Crippen LogP contribution in [0.15, 0.2) is 45.3 Å². The summed E-state index contributed by atoms with van der Waals surface area (Å²) in [6.45, 7) is 2.06. The predicted molar refractivity (Wildman–Crippen MR) is 92.2 cm³/mol. The number of anilines is 2. The van der Waals surface area contributed by atoms with E-state index in [2.05, 4.69) is 50.2 Å². The number of benzene rings is 2. The van der Waals surface area contributed by atoms with Gasteiger partial charge in [-0.25, -0.2) is 0 Å². The summed E-state index contributed by atoms with van der Waals surface area (Å²) < 4.78 is 1.93. The van der Waals surface area contributed by atoms with Crippen LogP contribution in [0.2, 0.25) is 0 Å². The normalized spacial score (nSPS) is 10.3. The maximum absolute atomic E-state index is 5.64. The van der Waals surface area contributed by atoms with Crippen LogP contribution in [-0.2, 0) is 0 Å². The molecular formula is C14H12Br2N2S. The molecule has 0 aliphatic heterocycles. The minimum absolute atomic E-state index is 0.386. The van der Waals surface area contributed by atoms with E-state index in [0.29, 0.717) is 4.99 Å². The number of thiocarbonyl (C=S) groups is 1. The molecule has 0 bridgehead atoms. The molecule has 0 fully saturated rings. The minimum atomic E-state index is 0.386. The monoisotopic (exact) mass is 398 g/mol. The summed E-state index contributed by atoms with van der Waals surface area (Å²) in [7, 11) is 0. The van der Waals surface area contributed by atoms with Gasteiger partial charge in [0.05, 0.1) is 0 Å². The fourth-order valence-electron chi connectivity index (χ4n) is 1.68. The van der Waals surface area contributed by atoms with Gasteiger partial charge in [0.15, 0.2) is 0 Å². The number of nitrogens with one attached hydrogen (secondary N) is 1. The molecule has 0 aliphatic rings. The number of hydrogen-bond acceptors (Lipinski definition) is 2. The first kappa shape index (κ1) is 14.5. The van der Waals surface area contributed by atoms with Crippen molar-refractivity contribution in [3.8, 4) is 0 Å². The summed E-state index contributed by atoms with van der Waals surface area (Å²) in [5.41, 5.74) is 9.69. The molecule has 2 aromatic rings. The van der Waals surface area contributed by atoms with E-state index in [-0.39, 0.29) is 0 Å². The standard InChI is InChI=1S/C14H12Br2N2S/c1-8-2-3-9(15)6-13(8)18-10-4-5-11(14(17)19)12(16)7-10/h2-7,18H,1H3,(H2,17,19). The summed E-state index contributed by atoms with van der Waals surface area (Å²) in [6.07, 6.45) is 0. The zero-order chi connectivity index (χ0) is 14.0. The van der Waals surface area contributed by atoms with E-state index in [4.69, 9.17) is 18.0 Å². The lowest BCUT2D eigenvalue weighted by Gasteiger charge is -2.11. The molecule has 0 radical (unpaired) electrons. The molecule has 0 aromatic heterocycles. The van der Waals surface area contributed by atoms with Gasteiger partial charge < -0.3 is 11.1 Å². The molecule has 98 valence electrons. The Balaban J connectivity index is 2.31. The van der Waals surface area contributed by atoms with Gasteiger partial charge in [-0.1, -0.05) is 34.2 Å². The molecule has 0 spiro atoms. The highest BCUT2D eigenvalue weighted by molar-refractivity contribution is 9.10. The predicted octanol–water partition coefficient (Wildman–Crippen LogP) is 4.90. The average molecular weight is 400 g/mol. The molecule has 2 rings (SSSR count). The van der Waals surface area contributed by atoms with Crippen molar-refractivity contribution in [1.29, 1.82) is 0 Å². The van der Waals surface area contributed by atoms with E-state index in [1.54, 1.807) is 0 Å². The first-order chi connectivity index (χ1) is 8.97. The Kier molecular flexibility index (Phi) is 4.60. The third-order valence-corrected chi connectivity index (χ3v) is 4.08. The van der Waals surface area contributed by atoms with Crippen LogP contribution < -0.4 is 11.1 Å². The molecule has 0 amide bonds. The van der Waals surface area contributed by atoms with Gasteiger partial charge in [0.25, 0.3) is 0 Å². The van der Waals surface area contributed by atoms with E-state index in [1.807, 2.05) is 30.3 Å². The first-order valence-corrected chi connectivity index (χ1v) is 7.59. The maximum Gasteiger partial charge on any atom is 0.105 e. The van der Waals surface area contributed by atoms with E-state index < -0.39 is 0 Å². The third-order valence-electron chi connectivity index (χ3n) is 2.71. The number of aryl methyl sites for hydroxylation is 1. The number of nitrogens with two attached hydrogens (primary N) is 1. The number of halogens is 2. The van der Waals surface area contributed by atoms with Crippen LogP contribution in [0.4, 0.5) is 11.4 Å². The van der Waals surface area contributed by atoms with E-state index >= 15 is 0 Å². The van der Waals surface area contributed by atoms with Crippen molar-refractivity contribution in [3.63, 3.8) is 0 Å². The van der Waals surface area contributed by atoms with Gasteiger partial charge in [0, 0.05) is 25.9 Å². The van der Waals surface area contributed by atoms with Crippen LogP contribution in [0.25, 0.3) is 0 Å². The average Bonchev–Trinajstić information content (AvgIpc) is 2.33. The maximum atomic E-state index is 5.64. The van der Waals surface area contributed by atoms with Crippen molar-refractivity contribution in [2.24, 2.45) is 5.73 Å². The molecule has 19 heavy (non-hydrogen) atoms. The Morgan fingerprint density at radius 1 is 1.16 bits per heavy atom. The van der Waals surface area contributed by atoms with Crippen molar-refractivity contribution in [3.05, 3.63) is 56.5 Å². The summed E-state index contributed by atoms with van der Waals surface area (Å²) in [5.74, 6) is 0. The fraction of sp³-hybridized carbons (Fsp3) is 0.0714. The van der Waals surface area contributed by atoms with Gasteiger partial charge in [-0.05, 0) is 58.7 Å². The van der Waals surface area contributed by atoms with Crippen LogP contribution in [0.5, 0.6) is 0 Å². The molecule has 2 nitrogen and oxygen atoms in total. The van der Waals surface area contributed by atoms with Gasteiger partial charge in [0.2, 0.25) is 0 Å². The molecular weight excluding hydrogens is 388 g/mol. The SMILES string of the molecule is Cc1ccc(Br)cc1Nc1ccc(C(N)=S)c(Br)c1. The van der Waals surface area contributed by atoms with Crippen LogP contribution in [0, 0.1) is 6.92 Å². The van der Waals surface area contributed by atoms with Crippen molar-refractivity contribution in [1.82, 2.24) is 0 Å². The van der Waals surface area contributed by atoms with E-state index in [1.165, 1.54) is 5.56 Å². The second kappa shape index (κ2) is 6.03. The van der Waals surface area contributed by atoms with E-state index in [0.717, 1.165) is 25.9 Å². The number of rotatable bonds is 3. The quantitative estimate of drug-likeness (QED) is 0.721. The van der Waals surface area contributed by atoms with Gasteiger partial charge in [-0.15, -0.1) is 0 Å². The summed E-state index contributed by atoms with van der Waals surface area (Å²) in [5, 5.41) is 3.38. The molecule has 3 N–H and O–H groups in total. The zero-order valence-corrected chi connectivity index (χ0v) is 14.2. The highest BCUT2D eigenvalue weighted by Gasteiger charge is 2.05. The summed E-state index contributed by atoms with van der Waals surface area (Å²) >= 11 is 11.9. The molecule has 0 atom stereocenters. The lowest BCUT2D eigenvalue weighted by molar-refractivity contribution is 1.41.